The van der Waals surface area contributed by atoms with Crippen LogP contribution < -0.4 is 10.1 Å². The molecule has 6 nitrogen and oxygen atoms in total. The van der Waals surface area contributed by atoms with Crippen LogP contribution in [0.3, 0.4) is 0 Å². The second-order valence-electron chi connectivity index (χ2n) is 7.05. The molecule has 4 rings (SSSR count). The largest absolute Gasteiger partial charge is 0.488 e. The number of carbonyl (C=O) groups is 1. The number of aromatic nitrogens is 1. The second kappa shape index (κ2) is 7.80. The third-order valence-electron chi connectivity index (χ3n) is 4.58. The lowest BCUT2D eigenvalue weighted by Crippen LogP contribution is -2.44. The zero-order valence-corrected chi connectivity index (χ0v) is 16.3. The van der Waals surface area contributed by atoms with Crippen molar-refractivity contribution in [2.45, 2.75) is 32.6 Å². The van der Waals surface area contributed by atoms with Gasteiger partial charge >= 0.3 is 0 Å². The maximum atomic E-state index is 12.5. The van der Waals surface area contributed by atoms with Crippen LogP contribution in [0.25, 0.3) is 6.08 Å². The maximum absolute atomic E-state index is 12.5. The summed E-state index contributed by atoms with van der Waals surface area (Å²) in [6.45, 7) is 7.01. The number of benzene rings is 1. The van der Waals surface area contributed by atoms with E-state index in [0.29, 0.717) is 10.7 Å². The van der Waals surface area contributed by atoms with Gasteiger partial charge in [-0.2, -0.15) is 0 Å². The van der Waals surface area contributed by atoms with Crippen LogP contribution in [0.15, 0.2) is 35.2 Å². The van der Waals surface area contributed by atoms with Crippen LogP contribution >= 0.6 is 11.3 Å². The molecule has 0 aliphatic carbocycles. The monoisotopic (exact) mass is 385 g/mol. The fraction of sp³-hybridized carbons (Fsp3) is 0.400. The molecule has 1 aromatic heterocycles. The quantitative estimate of drug-likeness (QED) is 0.876. The van der Waals surface area contributed by atoms with Crippen molar-refractivity contribution in [2.24, 2.45) is 0 Å². The number of nitrogens with one attached hydrogen (secondary N) is 1. The Morgan fingerprint density at radius 1 is 1.30 bits per heavy atom. The predicted octanol–water partition coefficient (Wildman–Crippen LogP) is 3.17. The van der Waals surface area contributed by atoms with E-state index in [1.165, 1.54) is 11.3 Å². The van der Waals surface area contributed by atoms with Crippen LogP contribution in [0, 0.1) is 0 Å². The number of ether oxygens (including phenoxy) is 2. The van der Waals surface area contributed by atoms with Crippen LogP contribution in [0.5, 0.6) is 5.75 Å². The van der Waals surface area contributed by atoms with E-state index < -0.39 is 0 Å². The Morgan fingerprint density at radius 3 is 2.89 bits per heavy atom. The highest BCUT2D eigenvalue weighted by Crippen LogP contribution is 2.26. The van der Waals surface area contributed by atoms with E-state index in [2.05, 4.69) is 29.0 Å². The van der Waals surface area contributed by atoms with Gasteiger partial charge in [-0.15, -0.1) is 11.3 Å². The first-order chi connectivity index (χ1) is 13.1. The second-order valence-corrected chi connectivity index (χ2v) is 7.90. The van der Waals surface area contributed by atoms with Gasteiger partial charge < -0.3 is 9.47 Å². The first-order valence-corrected chi connectivity index (χ1v) is 10.0. The molecule has 1 aromatic carbocycles. The highest BCUT2D eigenvalue weighted by molar-refractivity contribution is 7.14. The molecule has 27 heavy (non-hydrogen) atoms. The number of carbonyl (C=O) groups excluding carboxylic acids is 1. The number of para-hydroxylation sites is 1. The Kier molecular flexibility index (Phi) is 5.24. The van der Waals surface area contributed by atoms with Crippen LogP contribution in [0.1, 0.15) is 25.1 Å². The Bertz CT molecular complexity index is 854. The van der Waals surface area contributed by atoms with Gasteiger partial charge in [0.25, 0.3) is 5.91 Å². The molecule has 1 N–H and O–H groups in total. The Balaban J connectivity index is 1.38. The molecule has 0 saturated carbocycles. The highest BCUT2D eigenvalue weighted by Gasteiger charge is 2.23. The molecule has 1 saturated heterocycles. The van der Waals surface area contributed by atoms with Crippen molar-refractivity contribution in [1.82, 2.24) is 9.88 Å². The van der Waals surface area contributed by atoms with Gasteiger partial charge in [0.2, 0.25) is 0 Å². The average molecular weight is 385 g/mol. The minimum Gasteiger partial charge on any atom is -0.488 e. The average Bonchev–Trinajstić information content (AvgIpc) is 3.07. The lowest BCUT2D eigenvalue weighted by molar-refractivity contribution is -0.113. The third kappa shape index (κ3) is 4.37. The Hall–Kier alpha value is -2.22. The van der Waals surface area contributed by atoms with Crippen molar-refractivity contribution in [3.8, 4) is 5.75 Å². The third-order valence-corrected chi connectivity index (χ3v) is 5.38. The van der Waals surface area contributed by atoms with Crippen LogP contribution in [0.2, 0.25) is 0 Å². The smallest absolute Gasteiger partial charge is 0.256 e. The summed E-state index contributed by atoms with van der Waals surface area (Å²) >= 11 is 1.45. The van der Waals surface area contributed by atoms with E-state index in [1.807, 2.05) is 35.7 Å². The number of hydrogen-bond acceptors (Lipinski definition) is 6. The summed E-state index contributed by atoms with van der Waals surface area (Å²) in [6, 6.07) is 7.69. The van der Waals surface area contributed by atoms with Crippen molar-refractivity contribution in [3.63, 3.8) is 0 Å². The van der Waals surface area contributed by atoms with Crippen LogP contribution in [0.4, 0.5) is 5.13 Å². The summed E-state index contributed by atoms with van der Waals surface area (Å²) in [4.78, 5) is 19.5. The van der Waals surface area contributed by atoms with E-state index in [0.717, 1.165) is 36.6 Å². The number of thiazole rings is 1. The van der Waals surface area contributed by atoms with Crippen LogP contribution in [-0.2, 0) is 16.1 Å². The molecule has 1 fully saturated rings. The molecule has 1 amide bonds. The number of amides is 1. The van der Waals surface area contributed by atoms with Crippen molar-refractivity contribution >= 4 is 28.5 Å². The molecule has 0 bridgehead atoms. The van der Waals surface area contributed by atoms with Gasteiger partial charge in [0.1, 0.15) is 12.4 Å². The summed E-state index contributed by atoms with van der Waals surface area (Å²) in [5.41, 5.74) is 2.49. The van der Waals surface area contributed by atoms with E-state index in [-0.39, 0.29) is 24.7 Å². The molecule has 0 spiro atoms. The summed E-state index contributed by atoms with van der Waals surface area (Å²) in [5.74, 6) is 0.638. The van der Waals surface area contributed by atoms with Gasteiger partial charge in [-0.3, -0.25) is 15.0 Å². The summed E-state index contributed by atoms with van der Waals surface area (Å²) in [6.07, 6.45) is 2.33. The molecule has 0 radical (unpaired) electrons. The number of anilines is 1. The fourth-order valence-corrected chi connectivity index (χ4v) is 4.20. The Morgan fingerprint density at radius 2 is 2.07 bits per heavy atom. The van der Waals surface area contributed by atoms with E-state index >= 15 is 0 Å². The molecule has 2 unspecified atom stereocenters. The van der Waals surface area contributed by atoms with Crippen molar-refractivity contribution in [3.05, 3.63) is 46.5 Å². The van der Waals surface area contributed by atoms with E-state index in [4.69, 9.17) is 9.47 Å². The number of nitrogens with zero attached hydrogens (tertiary/aromatic N) is 2. The molecule has 2 atom stereocenters. The van der Waals surface area contributed by atoms with Crippen molar-refractivity contribution < 1.29 is 14.3 Å². The number of fused-ring (bicyclic) bond motifs is 1. The maximum Gasteiger partial charge on any atom is 0.256 e. The minimum absolute atomic E-state index is 0.168. The van der Waals surface area contributed by atoms with Gasteiger partial charge in [0.05, 0.1) is 23.5 Å². The molecule has 142 valence electrons. The van der Waals surface area contributed by atoms with Gasteiger partial charge in [0.15, 0.2) is 5.13 Å². The minimum atomic E-state index is -0.168. The first-order valence-electron chi connectivity index (χ1n) is 9.13. The molecular formula is C20H23N3O3S. The predicted molar refractivity (Wildman–Crippen MR) is 106 cm³/mol. The zero-order chi connectivity index (χ0) is 18.8. The standard InChI is InChI=1S/C20H23N3O3S/c1-13-8-23(9-14(2)26-13)10-17-12-27-20(21-17)22-19(24)16-7-15-5-3-4-6-18(15)25-11-16/h3-7,12-14H,8-11H2,1-2H3,(H,21,22,24). The van der Waals surface area contributed by atoms with Crippen molar-refractivity contribution in [2.75, 3.05) is 25.0 Å². The van der Waals surface area contributed by atoms with E-state index in [9.17, 15) is 4.79 Å². The zero-order valence-electron chi connectivity index (χ0n) is 15.5. The van der Waals surface area contributed by atoms with E-state index in [1.54, 1.807) is 0 Å². The Labute approximate surface area is 162 Å². The van der Waals surface area contributed by atoms with Gasteiger partial charge in [-0.05, 0) is 26.0 Å². The number of hydrogen-bond donors (Lipinski definition) is 1. The summed E-state index contributed by atoms with van der Waals surface area (Å²) < 4.78 is 11.4. The first kappa shape index (κ1) is 18.2. The lowest BCUT2D eigenvalue weighted by Gasteiger charge is -2.34. The summed E-state index contributed by atoms with van der Waals surface area (Å²) in [7, 11) is 0. The highest BCUT2D eigenvalue weighted by atomic mass is 32.1. The van der Waals surface area contributed by atoms with Crippen LogP contribution in [-0.4, -0.2) is 47.7 Å². The molecule has 7 heteroatoms. The fourth-order valence-electron chi connectivity index (χ4n) is 3.50. The van der Waals surface area contributed by atoms with Gasteiger partial charge in [-0.1, -0.05) is 18.2 Å². The number of morpholine rings is 1. The number of rotatable bonds is 4. The lowest BCUT2D eigenvalue weighted by atomic mass is 10.1. The normalized spacial score (nSPS) is 22.5. The van der Waals surface area contributed by atoms with Gasteiger partial charge in [0, 0.05) is 30.6 Å². The molecule has 3 heterocycles. The molecule has 2 aromatic rings. The van der Waals surface area contributed by atoms with Crippen molar-refractivity contribution in [1.29, 1.82) is 0 Å². The van der Waals surface area contributed by atoms with Gasteiger partial charge in [-0.25, -0.2) is 4.98 Å². The summed E-state index contributed by atoms with van der Waals surface area (Å²) in [5, 5.41) is 5.51. The molecule has 2 aliphatic rings. The topological polar surface area (TPSA) is 63.7 Å². The molecular weight excluding hydrogens is 362 g/mol. The molecule has 2 aliphatic heterocycles. The SMILES string of the molecule is CC1CN(Cc2csc(NC(=O)C3=Cc4ccccc4OC3)n2)CC(C)O1.